The van der Waals surface area contributed by atoms with Gasteiger partial charge in [0.05, 0.1) is 5.75 Å². The standard InChI is InChI=1S/C4H6N2O2S2/c5-4-6-1-3(9-4)2-10(7)8/h1H,2H2,(H2,5,6)(H,7,8). The molecule has 0 amide bonds. The SMILES string of the molecule is Nc1ncc(CS(=O)O)s1. The van der Waals surface area contributed by atoms with Gasteiger partial charge in [-0.05, 0) is 0 Å². The molecule has 0 aliphatic carbocycles. The van der Waals surface area contributed by atoms with Crippen molar-refractivity contribution >= 4 is 27.5 Å². The Kier molecular flexibility index (Phi) is 2.36. The number of hydrogen-bond acceptors (Lipinski definition) is 4. The molecule has 0 aliphatic rings. The Morgan fingerprint density at radius 1 is 1.90 bits per heavy atom. The van der Waals surface area contributed by atoms with Crippen LogP contribution in [0.5, 0.6) is 0 Å². The Bertz CT molecular complexity index is 247. The van der Waals surface area contributed by atoms with E-state index in [9.17, 15) is 4.21 Å². The minimum Gasteiger partial charge on any atom is -0.375 e. The molecule has 6 heteroatoms. The van der Waals surface area contributed by atoms with E-state index in [1.54, 1.807) is 0 Å². The van der Waals surface area contributed by atoms with Gasteiger partial charge in [-0.25, -0.2) is 9.19 Å². The summed E-state index contributed by atoms with van der Waals surface area (Å²) in [5.41, 5.74) is 5.28. The Labute approximate surface area is 64.4 Å². The van der Waals surface area contributed by atoms with Crippen molar-refractivity contribution in [3.05, 3.63) is 11.1 Å². The molecule has 0 bridgehead atoms. The van der Waals surface area contributed by atoms with Gasteiger partial charge in [-0.1, -0.05) is 0 Å². The van der Waals surface area contributed by atoms with Crippen molar-refractivity contribution < 1.29 is 8.76 Å². The fraction of sp³-hybridized carbons (Fsp3) is 0.250. The summed E-state index contributed by atoms with van der Waals surface area (Å²) < 4.78 is 18.7. The minimum absolute atomic E-state index is 0.120. The lowest BCUT2D eigenvalue weighted by atomic mass is 10.6. The first-order chi connectivity index (χ1) is 4.68. The van der Waals surface area contributed by atoms with Gasteiger partial charge in [0.25, 0.3) is 0 Å². The van der Waals surface area contributed by atoms with Crippen LogP contribution < -0.4 is 5.73 Å². The lowest BCUT2D eigenvalue weighted by Gasteiger charge is -1.85. The molecule has 0 aliphatic heterocycles. The smallest absolute Gasteiger partial charge is 0.180 e. The number of nitrogens with two attached hydrogens (primary N) is 1. The zero-order valence-corrected chi connectivity index (χ0v) is 6.61. The van der Waals surface area contributed by atoms with E-state index in [0.29, 0.717) is 5.13 Å². The monoisotopic (exact) mass is 178 g/mol. The number of aromatic nitrogens is 1. The molecule has 0 spiro atoms. The zero-order chi connectivity index (χ0) is 7.56. The van der Waals surface area contributed by atoms with Gasteiger partial charge in [0, 0.05) is 11.1 Å². The van der Waals surface area contributed by atoms with Crippen LogP contribution >= 0.6 is 11.3 Å². The predicted molar refractivity (Wildman–Crippen MR) is 41.0 cm³/mol. The number of anilines is 1. The van der Waals surface area contributed by atoms with Crippen molar-refractivity contribution in [1.82, 2.24) is 4.98 Å². The number of rotatable bonds is 2. The molecule has 1 aromatic heterocycles. The molecule has 0 radical (unpaired) electrons. The van der Waals surface area contributed by atoms with Gasteiger partial charge >= 0.3 is 0 Å². The molecular weight excluding hydrogens is 172 g/mol. The maximum atomic E-state index is 10.2. The van der Waals surface area contributed by atoms with Crippen molar-refractivity contribution in [3.63, 3.8) is 0 Å². The van der Waals surface area contributed by atoms with E-state index in [-0.39, 0.29) is 5.75 Å². The first-order valence-electron chi connectivity index (χ1n) is 2.46. The van der Waals surface area contributed by atoms with Crippen molar-refractivity contribution in [3.8, 4) is 0 Å². The van der Waals surface area contributed by atoms with E-state index in [2.05, 4.69) is 4.98 Å². The van der Waals surface area contributed by atoms with Gasteiger partial charge in [0.1, 0.15) is 0 Å². The van der Waals surface area contributed by atoms with Crippen LogP contribution in [0.3, 0.4) is 0 Å². The fourth-order valence-electron chi connectivity index (χ4n) is 0.511. The van der Waals surface area contributed by atoms with Crippen LogP contribution in [0.1, 0.15) is 4.88 Å². The van der Waals surface area contributed by atoms with Crippen LogP contribution in [-0.4, -0.2) is 13.7 Å². The molecule has 3 N–H and O–H groups in total. The number of hydrogen-bond donors (Lipinski definition) is 2. The number of nitrogen functional groups attached to an aromatic ring is 1. The van der Waals surface area contributed by atoms with Gasteiger partial charge in [-0.3, -0.25) is 0 Å². The molecule has 1 rings (SSSR count). The summed E-state index contributed by atoms with van der Waals surface area (Å²) >= 11 is -0.559. The quantitative estimate of drug-likeness (QED) is 0.644. The van der Waals surface area contributed by atoms with Crippen LogP contribution in [-0.2, 0) is 16.8 Å². The minimum atomic E-state index is -1.79. The summed E-state index contributed by atoms with van der Waals surface area (Å²) in [5, 5.41) is 0.431. The molecular formula is C4H6N2O2S2. The predicted octanol–water partition coefficient (Wildman–Crippen LogP) is 0.447. The van der Waals surface area contributed by atoms with Gasteiger partial charge in [0.2, 0.25) is 0 Å². The van der Waals surface area contributed by atoms with Gasteiger partial charge < -0.3 is 10.3 Å². The van der Waals surface area contributed by atoms with Crippen molar-refractivity contribution in [2.75, 3.05) is 5.73 Å². The maximum absolute atomic E-state index is 10.2. The molecule has 0 saturated carbocycles. The molecule has 1 unspecified atom stereocenters. The summed E-state index contributed by atoms with van der Waals surface area (Å²) in [7, 11) is 0. The summed E-state index contributed by atoms with van der Waals surface area (Å²) in [6.07, 6.45) is 1.51. The molecule has 0 saturated heterocycles. The normalized spacial score (nSPS) is 13.3. The Balaban J connectivity index is 2.67. The van der Waals surface area contributed by atoms with Crippen LogP contribution in [0.4, 0.5) is 5.13 Å². The van der Waals surface area contributed by atoms with Gasteiger partial charge in [-0.2, -0.15) is 0 Å². The topological polar surface area (TPSA) is 76.2 Å². The van der Waals surface area contributed by atoms with Crippen molar-refractivity contribution in [2.24, 2.45) is 0 Å². The van der Waals surface area contributed by atoms with E-state index >= 15 is 0 Å². The third-order valence-corrected chi connectivity index (χ3v) is 2.40. The summed E-state index contributed by atoms with van der Waals surface area (Å²) in [6, 6.07) is 0. The lowest BCUT2D eigenvalue weighted by Crippen LogP contribution is -1.88. The molecule has 1 aromatic rings. The van der Waals surface area contributed by atoms with E-state index in [4.69, 9.17) is 10.3 Å². The summed E-state index contributed by atoms with van der Waals surface area (Å²) in [4.78, 5) is 4.45. The highest BCUT2D eigenvalue weighted by Crippen LogP contribution is 2.15. The molecule has 56 valence electrons. The van der Waals surface area contributed by atoms with Gasteiger partial charge in [0.15, 0.2) is 16.2 Å². The first-order valence-corrected chi connectivity index (χ1v) is 4.55. The second-order valence-electron chi connectivity index (χ2n) is 1.63. The second kappa shape index (κ2) is 3.09. The molecule has 0 fully saturated rings. The Hall–Kier alpha value is -0.460. The van der Waals surface area contributed by atoms with Crippen molar-refractivity contribution in [2.45, 2.75) is 5.75 Å². The van der Waals surface area contributed by atoms with Crippen LogP contribution in [0.25, 0.3) is 0 Å². The Morgan fingerprint density at radius 3 is 3.00 bits per heavy atom. The molecule has 4 nitrogen and oxygen atoms in total. The highest BCUT2D eigenvalue weighted by molar-refractivity contribution is 7.78. The maximum Gasteiger partial charge on any atom is 0.180 e. The summed E-state index contributed by atoms with van der Waals surface area (Å²) in [5.74, 6) is 0.120. The van der Waals surface area contributed by atoms with Crippen molar-refractivity contribution in [1.29, 1.82) is 0 Å². The van der Waals surface area contributed by atoms with Crippen LogP contribution in [0.2, 0.25) is 0 Å². The van der Waals surface area contributed by atoms with E-state index in [1.807, 2.05) is 0 Å². The highest BCUT2D eigenvalue weighted by atomic mass is 32.2. The van der Waals surface area contributed by atoms with Crippen LogP contribution in [0, 0.1) is 0 Å². The first kappa shape index (κ1) is 7.64. The second-order valence-corrected chi connectivity index (χ2v) is 3.71. The van der Waals surface area contributed by atoms with Gasteiger partial charge in [-0.15, -0.1) is 11.3 Å². The summed E-state index contributed by atoms with van der Waals surface area (Å²) in [6.45, 7) is 0. The molecule has 1 atom stereocenters. The van der Waals surface area contributed by atoms with Crippen LogP contribution in [0.15, 0.2) is 6.20 Å². The lowest BCUT2D eigenvalue weighted by molar-refractivity contribution is 0.564. The average Bonchev–Trinajstić information content (AvgIpc) is 2.13. The molecule has 1 heterocycles. The fourth-order valence-corrected chi connectivity index (χ4v) is 1.85. The molecule has 10 heavy (non-hydrogen) atoms. The van der Waals surface area contributed by atoms with E-state index in [0.717, 1.165) is 4.88 Å². The zero-order valence-electron chi connectivity index (χ0n) is 4.98. The number of thiazole rings is 1. The Morgan fingerprint density at radius 2 is 2.60 bits per heavy atom. The number of nitrogens with zero attached hydrogens (tertiary/aromatic N) is 1. The van der Waals surface area contributed by atoms with E-state index < -0.39 is 11.1 Å². The average molecular weight is 178 g/mol. The molecule has 0 aromatic carbocycles. The van der Waals surface area contributed by atoms with E-state index in [1.165, 1.54) is 17.5 Å². The highest BCUT2D eigenvalue weighted by Gasteiger charge is 2.00. The largest absolute Gasteiger partial charge is 0.375 e. The third kappa shape index (κ3) is 2.05. The third-order valence-electron chi connectivity index (χ3n) is 0.837.